The highest BCUT2D eigenvalue weighted by Crippen LogP contribution is 2.43. The largest absolute Gasteiger partial charge is 0.507 e. The van der Waals surface area contributed by atoms with Crippen LogP contribution in [0.25, 0.3) is 5.76 Å². The van der Waals surface area contributed by atoms with Crippen LogP contribution in [0.4, 0.5) is 5.69 Å². The van der Waals surface area contributed by atoms with Crippen LogP contribution in [0, 0.1) is 0 Å². The van der Waals surface area contributed by atoms with Gasteiger partial charge in [-0.2, -0.15) is 0 Å². The molecule has 178 valence electrons. The average molecular weight is 471 g/mol. The van der Waals surface area contributed by atoms with Crippen LogP contribution in [0.3, 0.4) is 0 Å². The zero-order valence-electron chi connectivity index (χ0n) is 19.8. The Balaban J connectivity index is 1.65. The first-order valence-electron chi connectivity index (χ1n) is 11.5. The molecule has 1 saturated heterocycles. The normalized spacial score (nSPS) is 19.2. The van der Waals surface area contributed by atoms with Gasteiger partial charge in [0.2, 0.25) is 0 Å². The zero-order chi connectivity index (χ0) is 24.7. The molecule has 2 aliphatic heterocycles. The van der Waals surface area contributed by atoms with Crippen LogP contribution < -0.4 is 14.4 Å². The number of anilines is 1. The summed E-state index contributed by atoms with van der Waals surface area (Å²) in [6.45, 7) is 7.16. The van der Waals surface area contributed by atoms with Crippen molar-refractivity contribution >= 4 is 23.1 Å². The Kier molecular flexibility index (Phi) is 5.55. The molecule has 0 aliphatic carbocycles. The predicted octanol–water partition coefficient (Wildman–Crippen LogP) is 4.78. The van der Waals surface area contributed by atoms with Crippen molar-refractivity contribution in [2.24, 2.45) is 0 Å². The lowest BCUT2D eigenvalue weighted by Crippen LogP contribution is -2.29. The maximum absolute atomic E-state index is 13.3. The van der Waals surface area contributed by atoms with Gasteiger partial charge >= 0.3 is 0 Å². The minimum atomic E-state index is -0.813. The molecule has 7 heteroatoms. The number of aliphatic hydroxyl groups is 1. The first kappa shape index (κ1) is 22.7. The highest BCUT2D eigenvalue weighted by molar-refractivity contribution is 6.51. The van der Waals surface area contributed by atoms with E-state index < -0.39 is 17.7 Å². The van der Waals surface area contributed by atoms with Crippen LogP contribution in [-0.4, -0.2) is 35.0 Å². The van der Waals surface area contributed by atoms with Gasteiger partial charge in [-0.05, 0) is 59.0 Å². The zero-order valence-corrected chi connectivity index (χ0v) is 19.8. The molecular formula is C28H26N2O5. The number of ketones is 1. The number of nitrogens with zero attached hydrogens (tertiary/aromatic N) is 2. The smallest absolute Gasteiger partial charge is 0.300 e. The second-order valence-corrected chi connectivity index (χ2v) is 9.60. The number of aliphatic hydroxyl groups excluding tert-OH is 1. The Morgan fingerprint density at radius 1 is 0.943 bits per heavy atom. The highest BCUT2D eigenvalue weighted by atomic mass is 16.6. The topological polar surface area (TPSA) is 89.0 Å². The fourth-order valence-electron chi connectivity index (χ4n) is 4.43. The van der Waals surface area contributed by atoms with E-state index in [9.17, 15) is 14.7 Å². The molecule has 0 radical (unpaired) electrons. The van der Waals surface area contributed by atoms with Crippen molar-refractivity contribution in [3.8, 4) is 11.5 Å². The van der Waals surface area contributed by atoms with Gasteiger partial charge in [-0.25, -0.2) is 0 Å². The van der Waals surface area contributed by atoms with Crippen LogP contribution in [0.2, 0.25) is 0 Å². The third-order valence-corrected chi connectivity index (χ3v) is 6.29. The summed E-state index contributed by atoms with van der Waals surface area (Å²) < 4.78 is 11.2. The van der Waals surface area contributed by atoms with E-state index in [4.69, 9.17) is 9.47 Å². The van der Waals surface area contributed by atoms with E-state index in [1.807, 2.05) is 24.3 Å². The SMILES string of the molecule is CC(C)(C)c1ccc(N2C(=O)C(=O)/C(=C(\O)c3ccc4c(c3)OCCO4)C2c2ccncc2)cc1. The summed E-state index contributed by atoms with van der Waals surface area (Å²) in [5, 5.41) is 11.3. The molecule has 2 aromatic carbocycles. The van der Waals surface area contributed by atoms with E-state index >= 15 is 0 Å². The lowest BCUT2D eigenvalue weighted by atomic mass is 9.87. The average Bonchev–Trinajstić information content (AvgIpc) is 3.13. The number of carbonyl (C=O) groups is 2. The number of amides is 1. The Labute approximate surface area is 203 Å². The van der Waals surface area contributed by atoms with Crippen LogP contribution in [-0.2, 0) is 15.0 Å². The summed E-state index contributed by atoms with van der Waals surface area (Å²) >= 11 is 0. The van der Waals surface area contributed by atoms with Gasteiger partial charge in [0, 0.05) is 23.6 Å². The highest BCUT2D eigenvalue weighted by Gasteiger charge is 2.47. The number of aromatic nitrogens is 1. The monoisotopic (exact) mass is 470 g/mol. The van der Waals surface area contributed by atoms with Gasteiger partial charge < -0.3 is 14.6 Å². The molecule has 7 nitrogen and oxygen atoms in total. The first-order chi connectivity index (χ1) is 16.8. The molecule has 3 heterocycles. The van der Waals surface area contributed by atoms with Gasteiger partial charge in [-0.1, -0.05) is 32.9 Å². The van der Waals surface area contributed by atoms with Gasteiger partial charge in [0.15, 0.2) is 11.5 Å². The molecule has 0 spiro atoms. The molecule has 1 amide bonds. The lowest BCUT2D eigenvalue weighted by Gasteiger charge is -2.26. The molecule has 0 saturated carbocycles. The molecule has 35 heavy (non-hydrogen) atoms. The van der Waals surface area contributed by atoms with Gasteiger partial charge in [-0.3, -0.25) is 19.5 Å². The summed E-state index contributed by atoms with van der Waals surface area (Å²) in [7, 11) is 0. The van der Waals surface area contributed by atoms with Crippen LogP contribution in [0.5, 0.6) is 11.5 Å². The van der Waals surface area contributed by atoms with Crippen molar-refractivity contribution in [2.45, 2.75) is 32.2 Å². The number of carbonyl (C=O) groups excluding carboxylic acids is 2. The maximum atomic E-state index is 13.3. The summed E-state index contributed by atoms with van der Waals surface area (Å²) in [6, 6.07) is 15.2. The van der Waals surface area contributed by atoms with Crippen molar-refractivity contribution in [1.29, 1.82) is 0 Å². The van der Waals surface area contributed by atoms with Crippen molar-refractivity contribution in [1.82, 2.24) is 4.98 Å². The predicted molar refractivity (Wildman–Crippen MR) is 132 cm³/mol. The van der Waals surface area contributed by atoms with E-state index in [0.717, 1.165) is 5.56 Å². The number of rotatable bonds is 3. The number of pyridine rings is 1. The van der Waals surface area contributed by atoms with Crippen molar-refractivity contribution < 1.29 is 24.2 Å². The molecule has 1 unspecified atom stereocenters. The molecule has 1 atom stereocenters. The number of ether oxygens (including phenoxy) is 2. The molecule has 2 aliphatic rings. The van der Waals surface area contributed by atoms with Crippen LogP contribution in [0.15, 0.2) is 72.6 Å². The summed E-state index contributed by atoms with van der Waals surface area (Å²) in [5.74, 6) is -0.671. The van der Waals surface area contributed by atoms with Gasteiger partial charge in [-0.15, -0.1) is 0 Å². The Morgan fingerprint density at radius 3 is 2.26 bits per heavy atom. The molecule has 1 fully saturated rings. The lowest BCUT2D eigenvalue weighted by molar-refractivity contribution is -0.132. The minimum Gasteiger partial charge on any atom is -0.507 e. The van der Waals surface area contributed by atoms with Crippen LogP contribution >= 0.6 is 0 Å². The second kappa shape index (κ2) is 8.58. The third kappa shape index (κ3) is 4.03. The van der Waals surface area contributed by atoms with Crippen molar-refractivity contribution in [3.05, 3.63) is 89.3 Å². The number of benzene rings is 2. The fourth-order valence-corrected chi connectivity index (χ4v) is 4.43. The molecule has 5 rings (SSSR count). The fraction of sp³-hybridized carbons (Fsp3) is 0.250. The van der Waals surface area contributed by atoms with E-state index in [2.05, 4.69) is 25.8 Å². The van der Waals surface area contributed by atoms with Crippen molar-refractivity contribution in [3.63, 3.8) is 0 Å². The van der Waals surface area contributed by atoms with E-state index in [0.29, 0.717) is 41.5 Å². The summed E-state index contributed by atoms with van der Waals surface area (Å²) in [6.07, 6.45) is 3.20. The van der Waals surface area contributed by atoms with Crippen LogP contribution in [0.1, 0.15) is 43.5 Å². The third-order valence-electron chi connectivity index (χ3n) is 6.29. The second-order valence-electron chi connectivity index (χ2n) is 9.60. The van der Waals surface area contributed by atoms with E-state index in [1.165, 1.54) is 4.90 Å². The molecule has 1 N–H and O–H groups in total. The first-order valence-corrected chi connectivity index (χ1v) is 11.5. The van der Waals surface area contributed by atoms with E-state index in [-0.39, 0.29) is 16.7 Å². The number of fused-ring (bicyclic) bond motifs is 1. The number of Topliss-reactive ketones (excluding diaryl/α,β-unsaturated/α-hetero) is 1. The van der Waals surface area contributed by atoms with Crippen molar-refractivity contribution in [2.75, 3.05) is 18.1 Å². The summed E-state index contributed by atoms with van der Waals surface area (Å²) in [4.78, 5) is 32.2. The number of hydrogen-bond donors (Lipinski definition) is 1. The number of hydrogen-bond acceptors (Lipinski definition) is 6. The molecule has 1 aromatic heterocycles. The minimum absolute atomic E-state index is 0.0118. The van der Waals surface area contributed by atoms with Gasteiger partial charge in [0.05, 0.1) is 11.6 Å². The van der Waals surface area contributed by atoms with E-state index in [1.54, 1.807) is 42.7 Å². The quantitative estimate of drug-likeness (QED) is 0.337. The molecular weight excluding hydrogens is 444 g/mol. The summed E-state index contributed by atoms with van der Waals surface area (Å²) in [5.41, 5.74) is 2.66. The van der Waals surface area contributed by atoms with Gasteiger partial charge in [0.1, 0.15) is 19.0 Å². The standard InChI is InChI=1S/C28H26N2O5/c1-28(2,3)19-5-7-20(8-6-19)30-24(17-10-12-29-13-11-17)23(26(32)27(30)33)25(31)18-4-9-21-22(16-18)35-15-14-34-21/h4-13,16,24,31H,14-15H2,1-3H3/b25-23-. The van der Waals surface area contributed by atoms with Gasteiger partial charge in [0.25, 0.3) is 11.7 Å². The maximum Gasteiger partial charge on any atom is 0.300 e. The molecule has 0 bridgehead atoms. The molecule has 3 aromatic rings. The Morgan fingerprint density at radius 2 is 1.60 bits per heavy atom. The Bertz CT molecular complexity index is 1320. The Hall–Kier alpha value is -4.13.